The topological polar surface area (TPSA) is 60.0 Å². The lowest BCUT2D eigenvalue weighted by Gasteiger charge is -2.30. The molecule has 0 bridgehead atoms. The van der Waals surface area contributed by atoms with Crippen LogP contribution < -0.4 is 5.32 Å². The van der Waals surface area contributed by atoms with Crippen LogP contribution in [0.2, 0.25) is 0 Å². The van der Waals surface area contributed by atoms with E-state index in [1.165, 1.54) is 0 Å². The van der Waals surface area contributed by atoms with Gasteiger partial charge in [-0.2, -0.15) is 0 Å². The number of methoxy groups -OCH3 is 1. The number of hydrogen-bond acceptors (Lipinski definition) is 5. The fraction of sp³-hybridized carbons (Fsp3) is 0.923. The number of ether oxygens (including phenoxy) is 3. The Labute approximate surface area is 115 Å². The Kier molecular flexibility index (Phi) is 8.73. The van der Waals surface area contributed by atoms with Crippen LogP contribution in [0.1, 0.15) is 12.8 Å². The number of nitrogens with zero attached hydrogens (tertiary/aromatic N) is 1. The molecule has 1 saturated heterocycles. The molecular weight excluding hydrogens is 248 g/mol. The van der Waals surface area contributed by atoms with Crippen molar-refractivity contribution in [3.8, 4) is 0 Å². The van der Waals surface area contributed by atoms with E-state index in [1.807, 2.05) is 7.05 Å². The Balaban J connectivity index is 1.87. The molecule has 0 aromatic carbocycles. The SMILES string of the molecule is COCCOCCOCCNC1CCC(=O)N(C)C1. The van der Waals surface area contributed by atoms with E-state index in [4.69, 9.17) is 14.2 Å². The van der Waals surface area contributed by atoms with Gasteiger partial charge in [-0.25, -0.2) is 0 Å². The van der Waals surface area contributed by atoms with E-state index in [0.717, 1.165) is 19.5 Å². The second kappa shape index (κ2) is 10.1. The monoisotopic (exact) mass is 274 g/mol. The molecule has 0 aromatic heterocycles. The van der Waals surface area contributed by atoms with E-state index < -0.39 is 0 Å². The number of hydrogen-bond donors (Lipinski definition) is 1. The smallest absolute Gasteiger partial charge is 0.222 e. The Morgan fingerprint density at radius 3 is 2.58 bits per heavy atom. The molecule has 1 N–H and O–H groups in total. The van der Waals surface area contributed by atoms with Crippen molar-refractivity contribution < 1.29 is 19.0 Å². The number of nitrogens with one attached hydrogen (secondary N) is 1. The van der Waals surface area contributed by atoms with Crippen LogP contribution >= 0.6 is 0 Å². The third kappa shape index (κ3) is 7.47. The Morgan fingerprint density at radius 2 is 1.89 bits per heavy atom. The number of likely N-dealkylation sites (N-methyl/N-ethyl adjacent to an activating group) is 1. The minimum absolute atomic E-state index is 0.238. The van der Waals surface area contributed by atoms with Crippen molar-refractivity contribution in [1.82, 2.24) is 10.2 Å². The predicted octanol–water partition coefficient (Wildman–Crippen LogP) is -0.124. The van der Waals surface area contributed by atoms with Gasteiger partial charge in [-0.15, -0.1) is 0 Å². The van der Waals surface area contributed by atoms with Crippen LogP contribution in [0.4, 0.5) is 0 Å². The fourth-order valence-corrected chi connectivity index (χ4v) is 1.98. The van der Waals surface area contributed by atoms with Gasteiger partial charge in [0.2, 0.25) is 5.91 Å². The molecule has 1 atom stereocenters. The first-order valence-corrected chi connectivity index (χ1v) is 6.86. The molecular formula is C13H26N2O4. The van der Waals surface area contributed by atoms with Gasteiger partial charge < -0.3 is 24.4 Å². The summed E-state index contributed by atoms with van der Waals surface area (Å²) >= 11 is 0. The number of carbonyl (C=O) groups is 1. The lowest BCUT2D eigenvalue weighted by molar-refractivity contribution is -0.132. The Bertz CT molecular complexity index is 251. The minimum atomic E-state index is 0.238. The van der Waals surface area contributed by atoms with E-state index in [9.17, 15) is 4.79 Å². The molecule has 0 saturated carbocycles. The minimum Gasteiger partial charge on any atom is -0.382 e. The van der Waals surface area contributed by atoms with Crippen molar-refractivity contribution in [3.63, 3.8) is 0 Å². The zero-order valence-corrected chi connectivity index (χ0v) is 12.0. The molecule has 1 aliphatic rings. The van der Waals surface area contributed by atoms with Crippen molar-refractivity contribution in [2.24, 2.45) is 0 Å². The average Bonchev–Trinajstić information content (AvgIpc) is 2.41. The summed E-state index contributed by atoms with van der Waals surface area (Å²) in [6, 6.07) is 0.393. The highest BCUT2D eigenvalue weighted by Gasteiger charge is 2.21. The van der Waals surface area contributed by atoms with Crippen LogP contribution in [-0.2, 0) is 19.0 Å². The number of rotatable bonds is 10. The quantitative estimate of drug-likeness (QED) is 0.563. The zero-order valence-electron chi connectivity index (χ0n) is 12.0. The van der Waals surface area contributed by atoms with Gasteiger partial charge in [0, 0.05) is 39.7 Å². The van der Waals surface area contributed by atoms with Gasteiger partial charge in [0.1, 0.15) is 0 Å². The van der Waals surface area contributed by atoms with Crippen LogP contribution in [0.3, 0.4) is 0 Å². The summed E-state index contributed by atoms with van der Waals surface area (Å²) in [5.74, 6) is 0.238. The van der Waals surface area contributed by atoms with Gasteiger partial charge in [0.15, 0.2) is 0 Å². The van der Waals surface area contributed by atoms with Crippen LogP contribution in [0, 0.1) is 0 Å². The molecule has 6 nitrogen and oxygen atoms in total. The summed E-state index contributed by atoms with van der Waals surface area (Å²) < 4.78 is 15.6. The third-order valence-corrected chi connectivity index (χ3v) is 3.11. The summed E-state index contributed by atoms with van der Waals surface area (Å²) in [5.41, 5.74) is 0. The molecule has 1 aliphatic heterocycles. The van der Waals surface area contributed by atoms with Crippen LogP contribution in [0.15, 0.2) is 0 Å². The van der Waals surface area contributed by atoms with Gasteiger partial charge in [0.05, 0.1) is 33.0 Å². The van der Waals surface area contributed by atoms with Crippen molar-refractivity contribution >= 4 is 5.91 Å². The molecule has 0 aliphatic carbocycles. The first-order valence-electron chi connectivity index (χ1n) is 6.86. The normalized spacial score (nSPS) is 20.0. The first-order chi connectivity index (χ1) is 9.24. The molecule has 1 heterocycles. The number of carbonyl (C=O) groups excluding carboxylic acids is 1. The average molecular weight is 274 g/mol. The first kappa shape index (κ1) is 16.4. The van der Waals surface area contributed by atoms with Crippen molar-refractivity contribution in [3.05, 3.63) is 0 Å². The molecule has 1 rings (SSSR count). The lowest BCUT2D eigenvalue weighted by atomic mass is 10.1. The largest absolute Gasteiger partial charge is 0.382 e. The maximum Gasteiger partial charge on any atom is 0.222 e. The second-order valence-corrected chi connectivity index (χ2v) is 4.68. The van der Waals surface area contributed by atoms with Gasteiger partial charge in [-0.3, -0.25) is 4.79 Å². The van der Waals surface area contributed by atoms with Crippen LogP contribution in [-0.4, -0.2) is 77.1 Å². The summed E-state index contributed by atoms with van der Waals surface area (Å²) in [7, 11) is 3.51. The summed E-state index contributed by atoms with van der Waals surface area (Å²) in [4.78, 5) is 13.1. The standard InChI is InChI=1S/C13H26N2O4/c1-15-11-12(3-4-13(15)16)14-5-6-18-9-10-19-8-7-17-2/h12,14H,3-11H2,1-2H3. The number of likely N-dealkylation sites (tertiary alicyclic amines) is 1. The van der Waals surface area contributed by atoms with E-state index in [0.29, 0.717) is 45.5 Å². The molecule has 0 spiro atoms. The third-order valence-electron chi connectivity index (χ3n) is 3.11. The van der Waals surface area contributed by atoms with Gasteiger partial charge >= 0.3 is 0 Å². The Hall–Kier alpha value is -0.690. The highest BCUT2D eigenvalue weighted by atomic mass is 16.5. The van der Waals surface area contributed by atoms with Gasteiger partial charge in [0.25, 0.3) is 0 Å². The molecule has 112 valence electrons. The van der Waals surface area contributed by atoms with E-state index in [1.54, 1.807) is 12.0 Å². The zero-order chi connectivity index (χ0) is 13.9. The Morgan fingerprint density at radius 1 is 1.21 bits per heavy atom. The van der Waals surface area contributed by atoms with Crippen molar-refractivity contribution in [1.29, 1.82) is 0 Å². The maximum absolute atomic E-state index is 11.3. The fourth-order valence-electron chi connectivity index (χ4n) is 1.98. The maximum atomic E-state index is 11.3. The van der Waals surface area contributed by atoms with Gasteiger partial charge in [-0.1, -0.05) is 0 Å². The molecule has 1 fully saturated rings. The van der Waals surface area contributed by atoms with E-state index in [-0.39, 0.29) is 5.91 Å². The van der Waals surface area contributed by atoms with Crippen molar-refractivity contribution in [2.45, 2.75) is 18.9 Å². The van der Waals surface area contributed by atoms with Crippen LogP contribution in [0.25, 0.3) is 0 Å². The summed E-state index contributed by atoms with van der Waals surface area (Å²) in [6.07, 6.45) is 1.56. The molecule has 6 heteroatoms. The van der Waals surface area contributed by atoms with E-state index in [2.05, 4.69) is 5.32 Å². The number of amides is 1. The molecule has 1 amide bonds. The molecule has 1 unspecified atom stereocenters. The molecule has 0 radical (unpaired) electrons. The molecule has 0 aromatic rings. The molecule has 19 heavy (non-hydrogen) atoms. The summed E-state index contributed by atoms with van der Waals surface area (Å²) in [5, 5.41) is 3.40. The summed E-state index contributed by atoms with van der Waals surface area (Å²) in [6.45, 7) is 4.71. The van der Waals surface area contributed by atoms with Crippen LogP contribution in [0.5, 0.6) is 0 Å². The lowest BCUT2D eigenvalue weighted by Crippen LogP contribution is -2.47. The highest BCUT2D eigenvalue weighted by Crippen LogP contribution is 2.08. The van der Waals surface area contributed by atoms with Crippen molar-refractivity contribution in [2.75, 3.05) is 60.3 Å². The van der Waals surface area contributed by atoms with Gasteiger partial charge in [-0.05, 0) is 6.42 Å². The number of piperidine rings is 1. The second-order valence-electron chi connectivity index (χ2n) is 4.68. The van der Waals surface area contributed by atoms with E-state index >= 15 is 0 Å². The predicted molar refractivity (Wildman–Crippen MR) is 72.2 cm³/mol. The highest BCUT2D eigenvalue weighted by molar-refractivity contribution is 5.76.